The number of amides is 1. The van der Waals surface area contributed by atoms with Crippen LogP contribution in [0.2, 0.25) is 0 Å². The molecule has 0 aliphatic carbocycles. The maximum Gasteiger partial charge on any atom is 0.249 e. The fraction of sp³-hybridized carbons (Fsp3) is 0.912. The van der Waals surface area contributed by atoms with Gasteiger partial charge in [0.15, 0.2) is 0 Å². The van der Waals surface area contributed by atoms with Crippen molar-refractivity contribution in [2.45, 2.75) is 327 Å². The molecule has 0 aromatic rings. The maximum atomic E-state index is 12.5. The van der Waals surface area contributed by atoms with E-state index in [1.54, 1.807) is 0 Å². The predicted molar refractivity (Wildman–Crippen MR) is 273 cm³/mol. The van der Waals surface area contributed by atoms with E-state index >= 15 is 0 Å². The number of hydrogen-bond acceptors (Lipinski definition) is 4. The molecule has 62 heavy (non-hydrogen) atoms. The first-order valence-corrected chi connectivity index (χ1v) is 28.1. The van der Waals surface area contributed by atoms with Crippen molar-refractivity contribution in [1.29, 1.82) is 0 Å². The molecule has 0 bridgehead atoms. The number of hydrogen-bond donors (Lipinski definition) is 4. The lowest BCUT2D eigenvalue weighted by atomic mass is 10.0. The third kappa shape index (κ3) is 46.8. The summed E-state index contributed by atoms with van der Waals surface area (Å²) in [5.41, 5.74) is 0. The standard InChI is InChI=1S/C57H111NO4/c1-3-5-7-9-11-13-15-16-17-18-19-20-21-22-23-24-25-26-27-28-29-30-31-32-33-34-35-36-37-38-39-40-41-42-44-46-48-50-52-56(61)57(62)58-54(53-59)55(60)51-49-47-45-43-14-12-10-8-6-4-2/h25-26,28-29,54-56,59-61H,3-24,27,30-53H2,1-2H3,(H,58,62)/b26-25-,29-28-. The minimum absolute atomic E-state index is 0.311. The summed E-state index contributed by atoms with van der Waals surface area (Å²) < 4.78 is 0. The SMILES string of the molecule is CCCCCCCCCCCCCCCCC/C=C\C/C=C\CCCCCCCCCCCCCCCCCCC(O)C(=O)NC(CO)C(O)CCCCCCCCCCCC. The summed E-state index contributed by atoms with van der Waals surface area (Å²) in [6.45, 7) is 4.23. The van der Waals surface area contributed by atoms with Crippen LogP contribution >= 0.6 is 0 Å². The van der Waals surface area contributed by atoms with Crippen molar-refractivity contribution >= 4 is 5.91 Å². The molecule has 0 saturated carbocycles. The van der Waals surface area contributed by atoms with Crippen molar-refractivity contribution in [1.82, 2.24) is 5.32 Å². The Labute approximate surface area is 388 Å². The number of rotatable bonds is 52. The Morgan fingerprint density at radius 2 is 0.661 bits per heavy atom. The van der Waals surface area contributed by atoms with Crippen LogP contribution < -0.4 is 5.32 Å². The second kappa shape index (κ2) is 52.5. The molecular weight excluding hydrogens is 763 g/mol. The molecule has 0 saturated heterocycles. The first-order chi connectivity index (χ1) is 30.6. The molecule has 368 valence electrons. The van der Waals surface area contributed by atoms with E-state index in [1.807, 2.05) is 0 Å². The zero-order valence-electron chi connectivity index (χ0n) is 42.0. The molecule has 0 aliphatic rings. The van der Waals surface area contributed by atoms with E-state index in [0.717, 1.165) is 38.5 Å². The second-order valence-corrected chi connectivity index (χ2v) is 19.5. The van der Waals surface area contributed by atoms with Gasteiger partial charge in [0, 0.05) is 0 Å². The average molecular weight is 875 g/mol. The first kappa shape index (κ1) is 60.8. The molecule has 0 aromatic carbocycles. The number of nitrogens with one attached hydrogen (secondary N) is 1. The molecule has 0 rings (SSSR count). The van der Waals surface area contributed by atoms with Crippen molar-refractivity contribution in [3.8, 4) is 0 Å². The summed E-state index contributed by atoms with van der Waals surface area (Å²) in [5, 5.41) is 33.3. The summed E-state index contributed by atoms with van der Waals surface area (Å²) in [5.74, 6) is -0.469. The van der Waals surface area contributed by atoms with Gasteiger partial charge in [0.2, 0.25) is 5.91 Å². The average Bonchev–Trinajstić information content (AvgIpc) is 3.28. The van der Waals surface area contributed by atoms with Crippen LogP contribution in [-0.2, 0) is 4.79 Å². The lowest BCUT2D eigenvalue weighted by molar-refractivity contribution is -0.131. The number of carbonyl (C=O) groups excluding carboxylic acids is 1. The minimum atomic E-state index is -1.07. The van der Waals surface area contributed by atoms with E-state index in [4.69, 9.17) is 0 Å². The molecule has 3 atom stereocenters. The monoisotopic (exact) mass is 874 g/mol. The summed E-state index contributed by atoms with van der Waals surface area (Å²) in [4.78, 5) is 12.5. The Balaban J connectivity index is 3.43. The highest BCUT2D eigenvalue weighted by atomic mass is 16.3. The zero-order valence-corrected chi connectivity index (χ0v) is 42.0. The zero-order chi connectivity index (χ0) is 45.1. The van der Waals surface area contributed by atoms with Gasteiger partial charge in [0.05, 0.1) is 18.8 Å². The first-order valence-electron chi connectivity index (χ1n) is 28.1. The lowest BCUT2D eigenvalue weighted by Gasteiger charge is -2.23. The molecule has 4 N–H and O–H groups in total. The molecule has 0 aromatic heterocycles. The van der Waals surface area contributed by atoms with E-state index in [-0.39, 0.29) is 6.61 Å². The molecule has 0 heterocycles. The topological polar surface area (TPSA) is 89.8 Å². The fourth-order valence-corrected chi connectivity index (χ4v) is 8.93. The summed E-state index contributed by atoms with van der Waals surface area (Å²) in [6, 6.07) is -0.708. The van der Waals surface area contributed by atoms with Gasteiger partial charge in [0.1, 0.15) is 6.10 Å². The van der Waals surface area contributed by atoms with Gasteiger partial charge in [-0.1, -0.05) is 289 Å². The normalized spacial score (nSPS) is 13.4. The Morgan fingerprint density at radius 1 is 0.387 bits per heavy atom. The van der Waals surface area contributed by atoms with E-state index in [2.05, 4.69) is 43.5 Å². The predicted octanol–water partition coefficient (Wildman–Crippen LogP) is 17.3. The number of aliphatic hydroxyl groups excluding tert-OH is 3. The van der Waals surface area contributed by atoms with Crippen LogP contribution in [0.25, 0.3) is 0 Å². The van der Waals surface area contributed by atoms with Gasteiger partial charge in [-0.15, -0.1) is 0 Å². The number of aliphatic hydroxyl groups is 3. The van der Waals surface area contributed by atoms with E-state index in [9.17, 15) is 20.1 Å². The Morgan fingerprint density at radius 3 is 0.968 bits per heavy atom. The van der Waals surface area contributed by atoms with E-state index in [0.29, 0.717) is 12.8 Å². The summed E-state index contributed by atoms with van der Waals surface area (Å²) >= 11 is 0. The van der Waals surface area contributed by atoms with Crippen LogP contribution in [0.4, 0.5) is 0 Å². The Hall–Kier alpha value is -1.17. The maximum absolute atomic E-state index is 12.5. The van der Waals surface area contributed by atoms with Crippen molar-refractivity contribution in [2.75, 3.05) is 6.61 Å². The van der Waals surface area contributed by atoms with Gasteiger partial charge >= 0.3 is 0 Å². The molecule has 1 amide bonds. The number of carbonyl (C=O) groups is 1. The van der Waals surface area contributed by atoms with Gasteiger partial charge in [-0.3, -0.25) is 4.79 Å². The molecule has 5 nitrogen and oxygen atoms in total. The van der Waals surface area contributed by atoms with Gasteiger partial charge in [-0.25, -0.2) is 0 Å². The van der Waals surface area contributed by atoms with Crippen molar-refractivity contribution in [2.24, 2.45) is 0 Å². The van der Waals surface area contributed by atoms with Gasteiger partial charge < -0.3 is 20.6 Å². The largest absolute Gasteiger partial charge is 0.394 e. The van der Waals surface area contributed by atoms with Gasteiger partial charge in [0.25, 0.3) is 0 Å². The Bertz CT molecular complexity index is 920. The van der Waals surface area contributed by atoms with Crippen LogP contribution in [0.15, 0.2) is 24.3 Å². The van der Waals surface area contributed by atoms with Crippen LogP contribution in [0.3, 0.4) is 0 Å². The minimum Gasteiger partial charge on any atom is -0.394 e. The smallest absolute Gasteiger partial charge is 0.249 e. The lowest BCUT2D eigenvalue weighted by Crippen LogP contribution is -2.49. The molecular formula is C57H111NO4. The van der Waals surface area contributed by atoms with Crippen LogP contribution in [0, 0.1) is 0 Å². The highest BCUT2D eigenvalue weighted by Crippen LogP contribution is 2.17. The molecule has 3 unspecified atom stereocenters. The Kier molecular flexibility index (Phi) is 51.5. The molecule has 0 spiro atoms. The van der Waals surface area contributed by atoms with Gasteiger partial charge in [-0.05, 0) is 44.9 Å². The molecule has 5 heteroatoms. The quantitative estimate of drug-likeness (QED) is 0.0362. The van der Waals surface area contributed by atoms with Crippen LogP contribution in [0.5, 0.6) is 0 Å². The highest BCUT2D eigenvalue weighted by molar-refractivity contribution is 5.80. The van der Waals surface area contributed by atoms with Crippen LogP contribution in [-0.4, -0.2) is 46.1 Å². The van der Waals surface area contributed by atoms with E-state index in [1.165, 1.54) is 244 Å². The molecule has 0 radical (unpaired) electrons. The molecule has 0 aliphatic heterocycles. The highest BCUT2D eigenvalue weighted by Gasteiger charge is 2.23. The fourth-order valence-electron chi connectivity index (χ4n) is 8.93. The number of unbranched alkanes of at least 4 members (excludes halogenated alkanes) is 40. The second-order valence-electron chi connectivity index (χ2n) is 19.5. The summed E-state index contributed by atoms with van der Waals surface area (Å²) in [6.07, 6.45) is 66.8. The van der Waals surface area contributed by atoms with Crippen LogP contribution in [0.1, 0.15) is 309 Å². The van der Waals surface area contributed by atoms with Crippen molar-refractivity contribution in [3.05, 3.63) is 24.3 Å². The van der Waals surface area contributed by atoms with E-state index < -0.39 is 24.2 Å². The summed E-state index contributed by atoms with van der Waals surface area (Å²) in [7, 11) is 0. The molecule has 0 fully saturated rings. The third-order valence-electron chi connectivity index (χ3n) is 13.3. The van der Waals surface area contributed by atoms with Gasteiger partial charge in [-0.2, -0.15) is 0 Å². The van der Waals surface area contributed by atoms with Crippen molar-refractivity contribution < 1.29 is 20.1 Å². The van der Waals surface area contributed by atoms with Crippen molar-refractivity contribution in [3.63, 3.8) is 0 Å². The third-order valence-corrected chi connectivity index (χ3v) is 13.3. The number of allylic oxidation sites excluding steroid dienone is 4.